The van der Waals surface area contributed by atoms with Crippen LogP contribution in [0.25, 0.3) is 0 Å². The Morgan fingerprint density at radius 3 is 2.65 bits per heavy atom. The molecule has 0 bridgehead atoms. The van der Waals surface area contributed by atoms with E-state index in [9.17, 15) is 4.79 Å². The van der Waals surface area contributed by atoms with Crippen LogP contribution in [0.5, 0.6) is 0 Å². The molecular weight excluding hydrogens is 216 g/mol. The third-order valence-electron chi connectivity index (χ3n) is 3.21. The zero-order valence-corrected chi connectivity index (χ0v) is 9.89. The molecule has 1 heterocycles. The quantitative estimate of drug-likeness (QED) is 0.590. The number of rotatable bonds is 4. The van der Waals surface area contributed by atoms with E-state index in [0.717, 1.165) is 12.0 Å². The molecule has 2 atom stereocenters. The van der Waals surface area contributed by atoms with Gasteiger partial charge in [0.2, 0.25) is 0 Å². The number of ether oxygens (including phenoxy) is 2. The largest absolute Gasteiger partial charge is 0.456 e. The maximum atomic E-state index is 11.2. The lowest BCUT2D eigenvalue weighted by atomic mass is 9.82. The van der Waals surface area contributed by atoms with Gasteiger partial charge in [-0.3, -0.25) is 0 Å². The van der Waals surface area contributed by atoms with Crippen LogP contribution in [0.15, 0.2) is 43.0 Å². The van der Waals surface area contributed by atoms with Crippen molar-refractivity contribution in [2.45, 2.75) is 25.0 Å². The maximum Gasteiger partial charge on any atom is 0.330 e. The summed E-state index contributed by atoms with van der Waals surface area (Å²) in [6, 6.07) is 9.87. The highest BCUT2D eigenvalue weighted by Gasteiger charge is 2.47. The first-order valence-electron chi connectivity index (χ1n) is 5.71. The molecule has 90 valence electrons. The van der Waals surface area contributed by atoms with Gasteiger partial charge in [0.05, 0.1) is 6.61 Å². The lowest BCUT2D eigenvalue weighted by Crippen LogP contribution is -2.50. The van der Waals surface area contributed by atoms with E-state index in [-0.39, 0.29) is 6.10 Å². The molecule has 3 heteroatoms. The van der Waals surface area contributed by atoms with Crippen molar-refractivity contribution in [2.24, 2.45) is 0 Å². The number of benzene rings is 1. The fourth-order valence-electron chi connectivity index (χ4n) is 2.14. The van der Waals surface area contributed by atoms with Crippen LogP contribution in [-0.2, 0) is 19.9 Å². The molecule has 17 heavy (non-hydrogen) atoms. The van der Waals surface area contributed by atoms with Crippen LogP contribution in [0, 0.1) is 0 Å². The Kier molecular flexibility index (Phi) is 3.29. The average molecular weight is 232 g/mol. The molecule has 2 unspecified atom stereocenters. The second kappa shape index (κ2) is 4.72. The molecular formula is C14H16O3. The summed E-state index contributed by atoms with van der Waals surface area (Å²) in [5.74, 6) is -0.414. The van der Waals surface area contributed by atoms with E-state index in [4.69, 9.17) is 9.47 Å². The number of carbonyl (C=O) groups excluding carboxylic acids is 1. The minimum absolute atomic E-state index is 0.316. The van der Waals surface area contributed by atoms with Crippen molar-refractivity contribution in [3.63, 3.8) is 0 Å². The molecule has 0 aromatic heterocycles. The minimum atomic E-state index is -0.486. The van der Waals surface area contributed by atoms with Crippen LogP contribution in [-0.4, -0.2) is 18.7 Å². The summed E-state index contributed by atoms with van der Waals surface area (Å²) in [5.41, 5.74) is 0.565. The summed E-state index contributed by atoms with van der Waals surface area (Å²) < 4.78 is 11.0. The molecule has 1 saturated heterocycles. The molecule has 1 aromatic carbocycles. The molecule has 2 rings (SSSR count). The van der Waals surface area contributed by atoms with Crippen LogP contribution >= 0.6 is 0 Å². The van der Waals surface area contributed by atoms with Gasteiger partial charge in [-0.05, 0) is 12.5 Å². The highest BCUT2D eigenvalue weighted by molar-refractivity contribution is 5.81. The van der Waals surface area contributed by atoms with E-state index in [1.165, 1.54) is 6.08 Å². The van der Waals surface area contributed by atoms with Gasteiger partial charge in [0.15, 0.2) is 0 Å². The van der Waals surface area contributed by atoms with Crippen molar-refractivity contribution in [3.8, 4) is 0 Å². The van der Waals surface area contributed by atoms with E-state index in [1.807, 2.05) is 37.3 Å². The molecule has 0 saturated carbocycles. The third kappa shape index (κ3) is 2.11. The van der Waals surface area contributed by atoms with Crippen LogP contribution in [0.1, 0.15) is 18.9 Å². The predicted molar refractivity (Wildman–Crippen MR) is 64.4 cm³/mol. The monoisotopic (exact) mass is 232 g/mol. The minimum Gasteiger partial charge on any atom is -0.456 e. The molecule has 0 radical (unpaired) electrons. The van der Waals surface area contributed by atoms with E-state index >= 15 is 0 Å². The van der Waals surface area contributed by atoms with Gasteiger partial charge in [-0.25, -0.2) is 4.79 Å². The van der Waals surface area contributed by atoms with Crippen LogP contribution in [0.4, 0.5) is 0 Å². The lowest BCUT2D eigenvalue weighted by Gasteiger charge is -2.45. The number of carbonyl (C=O) groups is 1. The Balaban J connectivity index is 2.20. The summed E-state index contributed by atoms with van der Waals surface area (Å²) in [6.45, 7) is 5.95. The highest BCUT2D eigenvalue weighted by atomic mass is 16.6. The summed E-state index contributed by atoms with van der Waals surface area (Å²) >= 11 is 0. The Hall–Kier alpha value is -1.61. The van der Waals surface area contributed by atoms with Crippen molar-refractivity contribution < 1.29 is 14.3 Å². The first kappa shape index (κ1) is 11.9. The van der Waals surface area contributed by atoms with Crippen LogP contribution in [0.3, 0.4) is 0 Å². The van der Waals surface area contributed by atoms with Crippen molar-refractivity contribution in [1.82, 2.24) is 0 Å². The SMILES string of the molecule is C=CC(=O)OC(C)C1(c2ccccc2)CCO1. The standard InChI is InChI=1S/C14H16O3/c1-3-13(15)17-11(2)14(9-10-16-14)12-7-5-4-6-8-12/h3-8,11H,1,9-10H2,2H3. The van der Waals surface area contributed by atoms with Gasteiger partial charge < -0.3 is 9.47 Å². The van der Waals surface area contributed by atoms with Crippen molar-refractivity contribution in [2.75, 3.05) is 6.61 Å². The first-order chi connectivity index (χ1) is 8.19. The lowest BCUT2D eigenvalue weighted by molar-refractivity contribution is -0.219. The second-order valence-electron chi connectivity index (χ2n) is 4.14. The van der Waals surface area contributed by atoms with Gasteiger partial charge in [-0.1, -0.05) is 36.9 Å². The smallest absolute Gasteiger partial charge is 0.330 e. The Labute approximate surface area is 101 Å². The Bertz CT molecular complexity index is 407. The zero-order chi connectivity index (χ0) is 12.3. The van der Waals surface area contributed by atoms with E-state index in [0.29, 0.717) is 6.61 Å². The van der Waals surface area contributed by atoms with Gasteiger partial charge in [0.1, 0.15) is 11.7 Å². The van der Waals surface area contributed by atoms with Crippen LogP contribution in [0.2, 0.25) is 0 Å². The van der Waals surface area contributed by atoms with Gasteiger partial charge in [-0.15, -0.1) is 0 Å². The summed E-state index contributed by atoms with van der Waals surface area (Å²) in [7, 11) is 0. The molecule has 3 nitrogen and oxygen atoms in total. The summed E-state index contributed by atoms with van der Waals surface area (Å²) in [4.78, 5) is 11.2. The van der Waals surface area contributed by atoms with Gasteiger partial charge in [-0.2, -0.15) is 0 Å². The maximum absolute atomic E-state index is 11.2. The van der Waals surface area contributed by atoms with Gasteiger partial charge >= 0.3 is 5.97 Å². The molecule has 1 aliphatic rings. The second-order valence-corrected chi connectivity index (χ2v) is 4.14. The highest BCUT2D eigenvalue weighted by Crippen LogP contribution is 2.41. The van der Waals surface area contributed by atoms with E-state index < -0.39 is 11.6 Å². The van der Waals surface area contributed by atoms with Crippen LogP contribution < -0.4 is 0 Å². The van der Waals surface area contributed by atoms with E-state index in [1.54, 1.807) is 0 Å². The molecule has 1 fully saturated rings. The molecule has 0 aliphatic carbocycles. The predicted octanol–water partition coefficient (Wildman–Crippen LogP) is 2.42. The summed E-state index contributed by atoms with van der Waals surface area (Å²) in [5, 5.41) is 0. The van der Waals surface area contributed by atoms with Gasteiger partial charge in [0.25, 0.3) is 0 Å². The van der Waals surface area contributed by atoms with Crippen molar-refractivity contribution >= 4 is 5.97 Å². The Morgan fingerprint density at radius 2 is 2.18 bits per heavy atom. The molecule has 0 amide bonds. The van der Waals surface area contributed by atoms with E-state index in [2.05, 4.69) is 6.58 Å². The molecule has 1 aromatic rings. The zero-order valence-electron chi connectivity index (χ0n) is 9.89. The average Bonchev–Trinajstić information content (AvgIpc) is 2.28. The normalized spacial score (nSPS) is 24.5. The van der Waals surface area contributed by atoms with Gasteiger partial charge in [0, 0.05) is 12.5 Å². The fraction of sp³-hybridized carbons (Fsp3) is 0.357. The number of esters is 1. The Morgan fingerprint density at radius 1 is 1.53 bits per heavy atom. The topological polar surface area (TPSA) is 35.5 Å². The molecule has 0 N–H and O–H groups in total. The number of hydrogen-bond donors (Lipinski definition) is 0. The third-order valence-corrected chi connectivity index (χ3v) is 3.21. The summed E-state index contributed by atoms with van der Waals surface area (Å²) in [6.07, 6.45) is 1.72. The number of hydrogen-bond acceptors (Lipinski definition) is 3. The molecule has 0 spiro atoms. The van der Waals surface area contributed by atoms with Crippen molar-refractivity contribution in [1.29, 1.82) is 0 Å². The van der Waals surface area contributed by atoms with Crippen molar-refractivity contribution in [3.05, 3.63) is 48.6 Å². The fourth-order valence-corrected chi connectivity index (χ4v) is 2.14. The first-order valence-corrected chi connectivity index (χ1v) is 5.71. The molecule has 1 aliphatic heterocycles.